The molecule has 0 atom stereocenters. The molecule has 1 aliphatic rings. The molecular formula is C18H17ClFNO6S. The standard InChI is InChI=1S/C18H17ClFNO6S/c19-16-11-14(3-6-17(16)20)27-13-1-4-15(5-2-13)28(24,25)21(23)18(22)12-7-9-26-10-8-12/h1-6,11-12,23H,7-10H2. The highest BCUT2D eigenvalue weighted by molar-refractivity contribution is 7.89. The number of halogens is 2. The molecule has 150 valence electrons. The molecule has 1 heterocycles. The van der Waals surface area contributed by atoms with Gasteiger partial charge in [0.1, 0.15) is 17.3 Å². The molecule has 0 aliphatic carbocycles. The summed E-state index contributed by atoms with van der Waals surface area (Å²) < 4.78 is 48.6. The second-order valence-electron chi connectivity index (χ2n) is 6.12. The van der Waals surface area contributed by atoms with Crippen molar-refractivity contribution >= 4 is 27.5 Å². The Bertz CT molecular complexity index is 961. The molecule has 1 saturated heterocycles. The first-order chi connectivity index (χ1) is 13.3. The molecule has 1 amide bonds. The Morgan fingerprint density at radius 2 is 1.75 bits per heavy atom. The van der Waals surface area contributed by atoms with Gasteiger partial charge in [0.05, 0.1) is 9.92 Å². The van der Waals surface area contributed by atoms with Crippen molar-refractivity contribution in [2.75, 3.05) is 13.2 Å². The molecule has 0 unspecified atom stereocenters. The largest absolute Gasteiger partial charge is 0.457 e. The summed E-state index contributed by atoms with van der Waals surface area (Å²) in [4.78, 5) is 12.0. The molecule has 7 nitrogen and oxygen atoms in total. The molecule has 1 aliphatic heterocycles. The van der Waals surface area contributed by atoms with E-state index in [0.29, 0.717) is 26.1 Å². The van der Waals surface area contributed by atoms with Gasteiger partial charge < -0.3 is 9.47 Å². The first-order valence-corrected chi connectivity index (χ1v) is 10.2. The summed E-state index contributed by atoms with van der Waals surface area (Å²) in [5, 5.41) is 9.87. The average Bonchev–Trinajstić information content (AvgIpc) is 2.70. The maximum absolute atomic E-state index is 13.2. The molecule has 2 aromatic rings. The van der Waals surface area contributed by atoms with Crippen LogP contribution in [0.25, 0.3) is 0 Å². The van der Waals surface area contributed by atoms with Crippen LogP contribution >= 0.6 is 11.6 Å². The number of nitrogens with zero attached hydrogens (tertiary/aromatic N) is 1. The predicted molar refractivity (Wildman–Crippen MR) is 97.3 cm³/mol. The number of hydrogen-bond acceptors (Lipinski definition) is 6. The van der Waals surface area contributed by atoms with Gasteiger partial charge in [-0.2, -0.15) is 8.42 Å². The zero-order valence-electron chi connectivity index (χ0n) is 14.5. The van der Waals surface area contributed by atoms with Crippen LogP contribution in [-0.4, -0.2) is 37.2 Å². The van der Waals surface area contributed by atoms with E-state index in [1.54, 1.807) is 0 Å². The van der Waals surface area contributed by atoms with E-state index >= 15 is 0 Å². The minimum Gasteiger partial charge on any atom is -0.457 e. The van der Waals surface area contributed by atoms with E-state index in [1.165, 1.54) is 36.4 Å². The zero-order chi connectivity index (χ0) is 20.3. The zero-order valence-corrected chi connectivity index (χ0v) is 16.1. The van der Waals surface area contributed by atoms with E-state index < -0.39 is 27.7 Å². The third-order valence-corrected chi connectivity index (χ3v) is 6.03. The van der Waals surface area contributed by atoms with Gasteiger partial charge in [-0.3, -0.25) is 10.0 Å². The highest BCUT2D eigenvalue weighted by atomic mass is 35.5. The summed E-state index contributed by atoms with van der Waals surface area (Å²) in [6, 6.07) is 8.86. The summed E-state index contributed by atoms with van der Waals surface area (Å²) in [7, 11) is -4.42. The third-order valence-electron chi connectivity index (χ3n) is 4.24. The molecule has 28 heavy (non-hydrogen) atoms. The monoisotopic (exact) mass is 429 g/mol. The number of ether oxygens (including phenoxy) is 2. The molecule has 10 heteroatoms. The van der Waals surface area contributed by atoms with Crippen molar-refractivity contribution in [2.45, 2.75) is 17.7 Å². The summed E-state index contributed by atoms with van der Waals surface area (Å²) >= 11 is 5.69. The number of rotatable bonds is 5. The minimum atomic E-state index is -4.42. The van der Waals surface area contributed by atoms with E-state index in [9.17, 15) is 22.8 Å². The molecule has 3 rings (SSSR count). The number of hydrogen-bond donors (Lipinski definition) is 1. The molecule has 0 aromatic heterocycles. The Morgan fingerprint density at radius 1 is 1.14 bits per heavy atom. The molecule has 2 aromatic carbocycles. The maximum Gasteiger partial charge on any atom is 0.289 e. The van der Waals surface area contributed by atoms with Gasteiger partial charge in [-0.1, -0.05) is 11.6 Å². The Balaban J connectivity index is 1.73. The fourth-order valence-corrected chi connectivity index (χ4v) is 3.91. The first kappa shape index (κ1) is 20.5. The van der Waals surface area contributed by atoms with E-state index in [1.807, 2.05) is 0 Å². The van der Waals surface area contributed by atoms with Crippen molar-refractivity contribution < 1.29 is 32.3 Å². The lowest BCUT2D eigenvalue weighted by molar-refractivity contribution is -0.153. The van der Waals surface area contributed by atoms with Crippen LogP contribution in [0, 0.1) is 11.7 Å². The molecule has 1 N–H and O–H groups in total. The van der Waals surface area contributed by atoms with Crippen LogP contribution in [0.15, 0.2) is 47.4 Å². The number of carbonyl (C=O) groups excluding carboxylic acids is 1. The number of hydroxylamine groups is 1. The van der Waals surface area contributed by atoms with Crippen molar-refractivity contribution in [1.82, 2.24) is 4.47 Å². The second-order valence-corrected chi connectivity index (χ2v) is 8.30. The quantitative estimate of drug-likeness (QED) is 0.576. The third kappa shape index (κ3) is 4.44. The smallest absolute Gasteiger partial charge is 0.289 e. The molecule has 0 bridgehead atoms. The fourth-order valence-electron chi connectivity index (χ4n) is 2.68. The lowest BCUT2D eigenvalue weighted by Gasteiger charge is -2.24. The number of benzene rings is 2. The van der Waals surface area contributed by atoms with Crippen molar-refractivity contribution in [2.24, 2.45) is 5.92 Å². The Morgan fingerprint density at radius 3 is 2.36 bits per heavy atom. The van der Waals surface area contributed by atoms with Crippen molar-refractivity contribution in [3.63, 3.8) is 0 Å². The van der Waals surface area contributed by atoms with Gasteiger partial charge in [-0.25, -0.2) is 4.39 Å². The van der Waals surface area contributed by atoms with Gasteiger partial charge in [-0.05, 0) is 49.2 Å². The summed E-state index contributed by atoms with van der Waals surface area (Å²) in [5.74, 6) is -1.56. The Labute approximate surface area is 166 Å². The summed E-state index contributed by atoms with van der Waals surface area (Å²) in [5.41, 5.74) is 0. The number of amides is 1. The molecule has 0 spiro atoms. The van der Waals surface area contributed by atoms with Gasteiger partial charge in [0.2, 0.25) is 0 Å². The van der Waals surface area contributed by atoms with Crippen LogP contribution in [0.2, 0.25) is 5.02 Å². The predicted octanol–water partition coefficient (Wildman–Crippen LogP) is 3.60. The topological polar surface area (TPSA) is 93.1 Å². The fraction of sp³-hybridized carbons (Fsp3) is 0.278. The molecule has 1 fully saturated rings. The summed E-state index contributed by atoms with van der Waals surface area (Å²) in [6.07, 6.45) is 0.691. The Kier molecular flexibility index (Phi) is 6.19. The van der Waals surface area contributed by atoms with Crippen molar-refractivity contribution in [3.8, 4) is 11.5 Å². The Hall–Kier alpha value is -2.20. The number of carbonyl (C=O) groups is 1. The highest BCUT2D eigenvalue weighted by Gasteiger charge is 2.34. The normalized spacial score (nSPS) is 15.2. The summed E-state index contributed by atoms with van der Waals surface area (Å²) in [6.45, 7) is 0.674. The lowest BCUT2D eigenvalue weighted by atomic mass is 10.00. The van der Waals surface area contributed by atoms with Crippen LogP contribution in [0.3, 0.4) is 0 Å². The minimum absolute atomic E-state index is 0.112. The first-order valence-electron chi connectivity index (χ1n) is 8.38. The van der Waals surface area contributed by atoms with Gasteiger partial charge in [-0.15, -0.1) is 4.47 Å². The molecule has 0 radical (unpaired) electrons. The van der Waals surface area contributed by atoms with Crippen LogP contribution < -0.4 is 4.74 Å². The van der Waals surface area contributed by atoms with E-state index in [4.69, 9.17) is 21.1 Å². The maximum atomic E-state index is 13.2. The van der Waals surface area contributed by atoms with Crippen LogP contribution in [0.1, 0.15) is 12.8 Å². The second kappa shape index (κ2) is 8.44. The van der Waals surface area contributed by atoms with Crippen LogP contribution in [0.5, 0.6) is 11.5 Å². The average molecular weight is 430 g/mol. The molecular weight excluding hydrogens is 413 g/mol. The van der Waals surface area contributed by atoms with Crippen molar-refractivity contribution in [3.05, 3.63) is 53.3 Å². The lowest BCUT2D eigenvalue weighted by Crippen LogP contribution is -2.40. The van der Waals surface area contributed by atoms with Crippen molar-refractivity contribution in [1.29, 1.82) is 0 Å². The van der Waals surface area contributed by atoms with Gasteiger partial charge in [0.25, 0.3) is 15.9 Å². The highest BCUT2D eigenvalue weighted by Crippen LogP contribution is 2.28. The number of sulfonamides is 1. The van der Waals surface area contributed by atoms with Gasteiger partial charge in [0.15, 0.2) is 0 Å². The van der Waals surface area contributed by atoms with Gasteiger partial charge in [0, 0.05) is 25.2 Å². The van der Waals surface area contributed by atoms with E-state index in [-0.39, 0.29) is 25.9 Å². The van der Waals surface area contributed by atoms with Crippen LogP contribution in [-0.2, 0) is 19.6 Å². The molecule has 0 saturated carbocycles. The van der Waals surface area contributed by atoms with E-state index in [0.717, 1.165) is 6.07 Å². The van der Waals surface area contributed by atoms with Gasteiger partial charge >= 0.3 is 0 Å². The SMILES string of the molecule is O=C(C1CCOCC1)N(O)S(=O)(=O)c1ccc(Oc2ccc(F)c(Cl)c2)cc1. The van der Waals surface area contributed by atoms with E-state index in [2.05, 4.69) is 0 Å². The van der Waals surface area contributed by atoms with Crippen LogP contribution in [0.4, 0.5) is 4.39 Å².